The third kappa shape index (κ3) is 3.22. The molecule has 3 rings (SSSR count). The lowest BCUT2D eigenvalue weighted by atomic mass is 9.95. The maximum absolute atomic E-state index is 12.7. The van der Waals surface area contributed by atoms with Gasteiger partial charge in [-0.05, 0) is 6.07 Å². The molecule has 1 aromatic rings. The third-order valence-corrected chi connectivity index (χ3v) is 4.97. The summed E-state index contributed by atoms with van der Waals surface area (Å²) in [6.07, 6.45) is 1.26. The predicted molar refractivity (Wildman–Crippen MR) is 86.6 cm³/mol. The highest BCUT2D eigenvalue weighted by Crippen LogP contribution is 2.26. The van der Waals surface area contributed by atoms with Crippen molar-refractivity contribution in [3.05, 3.63) is 34.4 Å². The number of amides is 3. The van der Waals surface area contributed by atoms with Crippen molar-refractivity contribution in [2.45, 2.75) is 25.3 Å². The molecule has 9 heteroatoms. The Morgan fingerprint density at radius 3 is 2.56 bits per heavy atom. The van der Waals surface area contributed by atoms with E-state index in [1.165, 1.54) is 24.3 Å². The number of piperidine rings is 1. The Labute approximate surface area is 143 Å². The molecule has 2 aliphatic rings. The fourth-order valence-electron chi connectivity index (χ4n) is 3.59. The summed E-state index contributed by atoms with van der Waals surface area (Å²) >= 11 is 0. The summed E-state index contributed by atoms with van der Waals surface area (Å²) in [5, 5.41) is 10.9. The molecule has 0 spiro atoms. The van der Waals surface area contributed by atoms with Gasteiger partial charge in [-0.2, -0.15) is 0 Å². The lowest BCUT2D eigenvalue weighted by Crippen LogP contribution is -3.17. The molecule has 3 N–H and O–H groups in total. The molecule has 0 aliphatic carbocycles. The Kier molecular flexibility index (Phi) is 4.49. The summed E-state index contributed by atoms with van der Waals surface area (Å²) in [6.45, 7) is 1.19. The van der Waals surface area contributed by atoms with Crippen LogP contribution in [-0.2, 0) is 14.4 Å². The molecule has 2 saturated heterocycles. The number of primary amides is 1. The topological polar surface area (TPSA) is 128 Å². The molecule has 0 bridgehead atoms. The number of quaternary nitrogens is 1. The molecule has 0 radical (unpaired) electrons. The average molecular weight is 347 g/mol. The number of imide groups is 1. The number of anilines is 1. The summed E-state index contributed by atoms with van der Waals surface area (Å²) in [6, 6.07) is 4.99. The predicted octanol–water partition coefficient (Wildman–Crippen LogP) is -0.993. The van der Waals surface area contributed by atoms with Gasteiger partial charge in [0, 0.05) is 30.9 Å². The van der Waals surface area contributed by atoms with Crippen LogP contribution in [0.2, 0.25) is 0 Å². The Morgan fingerprint density at radius 1 is 1.28 bits per heavy atom. The highest BCUT2D eigenvalue weighted by molar-refractivity contribution is 6.22. The Hall–Kier alpha value is -2.81. The number of rotatable bonds is 4. The van der Waals surface area contributed by atoms with Crippen molar-refractivity contribution in [3.8, 4) is 0 Å². The molecule has 0 saturated carbocycles. The van der Waals surface area contributed by atoms with E-state index in [2.05, 4.69) is 0 Å². The van der Waals surface area contributed by atoms with Gasteiger partial charge in [-0.15, -0.1) is 0 Å². The van der Waals surface area contributed by atoms with E-state index in [4.69, 9.17) is 5.73 Å². The minimum absolute atomic E-state index is 0.0676. The van der Waals surface area contributed by atoms with Crippen molar-refractivity contribution in [2.24, 2.45) is 11.7 Å². The number of likely N-dealkylation sites (tertiary alicyclic amines) is 1. The van der Waals surface area contributed by atoms with Crippen molar-refractivity contribution in [3.63, 3.8) is 0 Å². The van der Waals surface area contributed by atoms with E-state index in [0.29, 0.717) is 25.9 Å². The highest BCUT2D eigenvalue weighted by atomic mass is 16.6. The summed E-state index contributed by atoms with van der Waals surface area (Å²) in [7, 11) is 0. The molecular weight excluding hydrogens is 328 g/mol. The van der Waals surface area contributed by atoms with Crippen LogP contribution in [0.4, 0.5) is 11.4 Å². The van der Waals surface area contributed by atoms with E-state index in [0.717, 1.165) is 9.80 Å². The van der Waals surface area contributed by atoms with Crippen molar-refractivity contribution >= 4 is 29.1 Å². The number of carbonyl (C=O) groups is 3. The van der Waals surface area contributed by atoms with Crippen molar-refractivity contribution in [1.29, 1.82) is 0 Å². The Bertz CT molecular complexity index is 742. The number of nitro benzene ring substituents is 1. The van der Waals surface area contributed by atoms with Crippen LogP contribution in [0, 0.1) is 16.0 Å². The minimum Gasteiger partial charge on any atom is -0.369 e. The molecule has 2 aliphatic heterocycles. The molecule has 0 unspecified atom stereocenters. The van der Waals surface area contributed by atoms with E-state index in [1.807, 2.05) is 0 Å². The molecule has 1 atom stereocenters. The van der Waals surface area contributed by atoms with Crippen LogP contribution in [-0.4, -0.2) is 41.8 Å². The lowest BCUT2D eigenvalue weighted by Gasteiger charge is -2.30. The molecule has 0 aromatic heterocycles. The maximum atomic E-state index is 12.7. The van der Waals surface area contributed by atoms with Gasteiger partial charge in [0.15, 0.2) is 6.04 Å². The zero-order valence-electron chi connectivity index (χ0n) is 13.5. The van der Waals surface area contributed by atoms with Crippen LogP contribution < -0.4 is 15.5 Å². The van der Waals surface area contributed by atoms with Crippen LogP contribution in [0.1, 0.15) is 19.3 Å². The van der Waals surface area contributed by atoms with Gasteiger partial charge >= 0.3 is 0 Å². The first-order chi connectivity index (χ1) is 11.9. The molecule has 9 nitrogen and oxygen atoms in total. The van der Waals surface area contributed by atoms with Crippen LogP contribution in [0.3, 0.4) is 0 Å². The molecule has 2 fully saturated rings. The van der Waals surface area contributed by atoms with Gasteiger partial charge in [0.05, 0.1) is 30.1 Å². The summed E-state index contributed by atoms with van der Waals surface area (Å²) in [4.78, 5) is 48.7. The second-order valence-electron chi connectivity index (χ2n) is 6.44. The SMILES string of the molecule is NC(=O)C1CC[NH+]([C@H]2CC(=O)N(c3cccc([N+](=O)[O-])c3)C2=O)CC1. The van der Waals surface area contributed by atoms with Gasteiger partial charge in [0.25, 0.3) is 11.6 Å². The standard InChI is InChI=1S/C16H18N4O5/c17-15(22)10-4-6-18(7-5-10)13-9-14(21)19(16(13)23)11-2-1-3-12(8-11)20(24)25/h1-3,8,10,13H,4-7,9H2,(H2,17,22)/p+1/t13-/m0/s1. The smallest absolute Gasteiger partial charge is 0.292 e. The normalized spacial score (nSPS) is 26.7. The minimum atomic E-state index is -0.564. The van der Waals surface area contributed by atoms with Crippen molar-refractivity contribution in [2.75, 3.05) is 18.0 Å². The van der Waals surface area contributed by atoms with E-state index in [-0.39, 0.29) is 41.4 Å². The van der Waals surface area contributed by atoms with E-state index >= 15 is 0 Å². The van der Waals surface area contributed by atoms with E-state index in [9.17, 15) is 24.5 Å². The zero-order valence-corrected chi connectivity index (χ0v) is 13.5. The number of benzene rings is 1. The van der Waals surface area contributed by atoms with E-state index < -0.39 is 11.0 Å². The first-order valence-electron chi connectivity index (χ1n) is 8.13. The monoisotopic (exact) mass is 347 g/mol. The number of hydrogen-bond acceptors (Lipinski definition) is 5. The first kappa shape index (κ1) is 17.0. The quantitative estimate of drug-likeness (QED) is 0.410. The van der Waals surface area contributed by atoms with Crippen molar-refractivity contribution in [1.82, 2.24) is 0 Å². The second kappa shape index (κ2) is 6.60. The second-order valence-corrected chi connectivity index (χ2v) is 6.44. The molecule has 1 aromatic carbocycles. The fourth-order valence-corrected chi connectivity index (χ4v) is 3.59. The summed E-state index contributed by atoms with van der Waals surface area (Å²) in [5.41, 5.74) is 5.37. The fraction of sp³-hybridized carbons (Fsp3) is 0.438. The van der Waals surface area contributed by atoms with Gasteiger partial charge in [0.2, 0.25) is 11.8 Å². The number of hydrogen-bond donors (Lipinski definition) is 2. The lowest BCUT2D eigenvalue weighted by molar-refractivity contribution is -0.920. The molecule has 3 amide bonds. The van der Waals surface area contributed by atoms with Gasteiger partial charge in [-0.25, -0.2) is 4.90 Å². The van der Waals surface area contributed by atoms with Gasteiger partial charge < -0.3 is 10.6 Å². The number of carbonyl (C=O) groups excluding carboxylic acids is 3. The van der Waals surface area contributed by atoms with Gasteiger partial charge in [-0.3, -0.25) is 24.5 Å². The number of nitrogens with two attached hydrogens (primary N) is 1. The average Bonchev–Trinajstić information content (AvgIpc) is 2.89. The van der Waals surface area contributed by atoms with Gasteiger partial charge in [0.1, 0.15) is 0 Å². The Balaban J connectivity index is 1.76. The third-order valence-electron chi connectivity index (χ3n) is 4.97. The largest absolute Gasteiger partial charge is 0.369 e. The molecule has 132 valence electrons. The zero-order chi connectivity index (χ0) is 18.1. The van der Waals surface area contributed by atoms with E-state index in [1.54, 1.807) is 0 Å². The summed E-state index contributed by atoms with van der Waals surface area (Å²) in [5.74, 6) is -1.21. The van der Waals surface area contributed by atoms with Crippen LogP contribution >= 0.6 is 0 Å². The summed E-state index contributed by atoms with van der Waals surface area (Å²) < 4.78 is 0. The van der Waals surface area contributed by atoms with Crippen LogP contribution in [0.5, 0.6) is 0 Å². The van der Waals surface area contributed by atoms with Gasteiger partial charge in [-0.1, -0.05) is 6.07 Å². The number of nitrogens with zero attached hydrogens (tertiary/aromatic N) is 2. The first-order valence-corrected chi connectivity index (χ1v) is 8.13. The number of nitrogens with one attached hydrogen (secondary N) is 1. The Morgan fingerprint density at radius 2 is 1.96 bits per heavy atom. The highest BCUT2D eigenvalue weighted by Gasteiger charge is 2.47. The molecular formula is C16H19N4O5+. The molecule has 2 heterocycles. The number of non-ortho nitro benzene ring substituents is 1. The van der Waals surface area contributed by atoms with Crippen molar-refractivity contribution < 1.29 is 24.2 Å². The van der Waals surface area contributed by atoms with Crippen LogP contribution in [0.15, 0.2) is 24.3 Å². The molecule has 25 heavy (non-hydrogen) atoms. The number of nitro groups is 1. The maximum Gasteiger partial charge on any atom is 0.292 e. The van der Waals surface area contributed by atoms with Crippen LogP contribution in [0.25, 0.3) is 0 Å².